The SMILES string of the molecule is O=C(O)c1c(Cl)cccc1CBr. The summed E-state index contributed by atoms with van der Waals surface area (Å²) in [5.74, 6) is -0.991. The molecular weight excluding hydrogens is 243 g/mol. The zero-order valence-corrected chi connectivity index (χ0v) is 8.39. The molecule has 0 saturated carbocycles. The van der Waals surface area contributed by atoms with Gasteiger partial charge in [-0.3, -0.25) is 0 Å². The Hall–Kier alpha value is -0.540. The molecule has 0 aliphatic rings. The Morgan fingerprint density at radius 3 is 2.67 bits per heavy atom. The molecule has 1 aromatic rings. The van der Waals surface area contributed by atoms with E-state index in [1.165, 1.54) is 0 Å². The molecule has 1 aromatic carbocycles. The minimum atomic E-state index is -0.991. The van der Waals surface area contributed by atoms with E-state index < -0.39 is 5.97 Å². The summed E-state index contributed by atoms with van der Waals surface area (Å²) in [5, 5.41) is 9.54. The molecule has 0 aliphatic heterocycles. The third kappa shape index (κ3) is 1.79. The maximum atomic E-state index is 10.7. The fourth-order valence-electron chi connectivity index (χ4n) is 0.920. The minimum Gasteiger partial charge on any atom is -0.478 e. The summed E-state index contributed by atoms with van der Waals surface area (Å²) >= 11 is 8.89. The monoisotopic (exact) mass is 248 g/mol. The normalized spacial score (nSPS) is 9.83. The van der Waals surface area contributed by atoms with E-state index in [9.17, 15) is 4.79 Å². The largest absolute Gasteiger partial charge is 0.478 e. The summed E-state index contributed by atoms with van der Waals surface area (Å²) in [6, 6.07) is 5.02. The highest BCUT2D eigenvalue weighted by atomic mass is 79.9. The van der Waals surface area contributed by atoms with Crippen LogP contribution in [0.15, 0.2) is 18.2 Å². The average Bonchev–Trinajstić information content (AvgIpc) is 2.03. The van der Waals surface area contributed by atoms with Crippen LogP contribution in [0, 0.1) is 0 Å². The fourth-order valence-corrected chi connectivity index (χ4v) is 1.66. The first-order chi connectivity index (χ1) is 5.66. The number of hydrogen-bond acceptors (Lipinski definition) is 1. The molecule has 0 saturated heterocycles. The number of aromatic carboxylic acids is 1. The van der Waals surface area contributed by atoms with Crippen LogP contribution in [0.5, 0.6) is 0 Å². The van der Waals surface area contributed by atoms with Gasteiger partial charge in [-0.05, 0) is 11.6 Å². The molecule has 0 aromatic heterocycles. The molecule has 0 spiro atoms. The number of alkyl halides is 1. The summed E-state index contributed by atoms with van der Waals surface area (Å²) in [4.78, 5) is 10.7. The molecule has 64 valence electrons. The number of hydrogen-bond donors (Lipinski definition) is 1. The molecular formula is C8H6BrClO2. The summed E-state index contributed by atoms with van der Waals surface area (Å²) in [7, 11) is 0. The number of carbonyl (C=O) groups is 1. The topological polar surface area (TPSA) is 37.3 Å². The van der Waals surface area contributed by atoms with Gasteiger partial charge in [0.15, 0.2) is 0 Å². The van der Waals surface area contributed by atoms with E-state index in [0.717, 1.165) is 0 Å². The van der Waals surface area contributed by atoms with Crippen LogP contribution in [-0.4, -0.2) is 11.1 Å². The standard InChI is InChI=1S/C8H6BrClO2/c9-4-5-2-1-3-6(10)7(5)8(11)12/h1-3H,4H2,(H,11,12). The van der Waals surface area contributed by atoms with Crippen molar-refractivity contribution in [2.45, 2.75) is 5.33 Å². The van der Waals surface area contributed by atoms with Gasteiger partial charge in [0.05, 0.1) is 10.6 Å². The molecule has 1 rings (SSSR count). The van der Waals surface area contributed by atoms with Crippen molar-refractivity contribution in [2.24, 2.45) is 0 Å². The molecule has 0 unspecified atom stereocenters. The van der Waals surface area contributed by atoms with E-state index in [2.05, 4.69) is 15.9 Å². The maximum absolute atomic E-state index is 10.7. The van der Waals surface area contributed by atoms with E-state index in [0.29, 0.717) is 10.9 Å². The molecule has 2 nitrogen and oxygen atoms in total. The van der Waals surface area contributed by atoms with E-state index in [-0.39, 0.29) is 10.6 Å². The van der Waals surface area contributed by atoms with Crippen molar-refractivity contribution in [3.8, 4) is 0 Å². The van der Waals surface area contributed by atoms with E-state index in [4.69, 9.17) is 16.7 Å². The van der Waals surface area contributed by atoms with E-state index in [1.807, 2.05) is 0 Å². The molecule has 0 amide bonds. The number of halogens is 2. The van der Waals surface area contributed by atoms with Gasteiger partial charge in [0.1, 0.15) is 0 Å². The Kier molecular flexibility index (Phi) is 3.12. The quantitative estimate of drug-likeness (QED) is 0.818. The van der Waals surface area contributed by atoms with Gasteiger partial charge >= 0.3 is 5.97 Å². The molecule has 12 heavy (non-hydrogen) atoms. The van der Waals surface area contributed by atoms with Crippen molar-refractivity contribution in [3.63, 3.8) is 0 Å². The molecule has 0 atom stereocenters. The zero-order valence-electron chi connectivity index (χ0n) is 6.05. The lowest BCUT2D eigenvalue weighted by atomic mass is 10.1. The first-order valence-corrected chi connectivity index (χ1v) is 4.73. The van der Waals surface area contributed by atoms with Gasteiger partial charge in [0.25, 0.3) is 0 Å². The van der Waals surface area contributed by atoms with Gasteiger partial charge in [0.2, 0.25) is 0 Å². The third-order valence-electron chi connectivity index (χ3n) is 1.46. The van der Waals surface area contributed by atoms with Gasteiger partial charge in [-0.15, -0.1) is 0 Å². The molecule has 0 heterocycles. The number of carboxylic acid groups (broad SMARTS) is 1. The number of carboxylic acids is 1. The van der Waals surface area contributed by atoms with Crippen LogP contribution in [0.1, 0.15) is 15.9 Å². The second kappa shape index (κ2) is 3.92. The Bertz CT molecular complexity index is 312. The second-order valence-electron chi connectivity index (χ2n) is 2.21. The first-order valence-electron chi connectivity index (χ1n) is 3.23. The van der Waals surface area contributed by atoms with Gasteiger partial charge in [-0.25, -0.2) is 4.79 Å². The molecule has 1 N–H and O–H groups in total. The van der Waals surface area contributed by atoms with Crippen molar-refractivity contribution in [1.29, 1.82) is 0 Å². The van der Waals surface area contributed by atoms with Gasteiger partial charge < -0.3 is 5.11 Å². The fraction of sp³-hybridized carbons (Fsp3) is 0.125. The Balaban J connectivity index is 3.29. The summed E-state index contributed by atoms with van der Waals surface area (Å²) < 4.78 is 0. The average molecular weight is 249 g/mol. The summed E-state index contributed by atoms with van der Waals surface area (Å²) in [6.45, 7) is 0. The summed E-state index contributed by atoms with van der Waals surface area (Å²) in [6.07, 6.45) is 0. The lowest BCUT2D eigenvalue weighted by Crippen LogP contribution is -2.01. The molecule has 0 bridgehead atoms. The van der Waals surface area contributed by atoms with Crippen LogP contribution in [0.25, 0.3) is 0 Å². The lowest BCUT2D eigenvalue weighted by Gasteiger charge is -2.03. The Labute approximate surface area is 83.3 Å². The van der Waals surface area contributed by atoms with E-state index >= 15 is 0 Å². The van der Waals surface area contributed by atoms with Crippen LogP contribution < -0.4 is 0 Å². The summed E-state index contributed by atoms with van der Waals surface area (Å²) in [5.41, 5.74) is 0.867. The molecule has 4 heteroatoms. The van der Waals surface area contributed by atoms with Gasteiger partial charge in [-0.1, -0.05) is 39.7 Å². The molecule has 0 fully saturated rings. The van der Waals surface area contributed by atoms with Crippen molar-refractivity contribution in [1.82, 2.24) is 0 Å². The van der Waals surface area contributed by atoms with Crippen molar-refractivity contribution in [3.05, 3.63) is 34.3 Å². The van der Waals surface area contributed by atoms with Gasteiger partial charge in [0, 0.05) is 5.33 Å². The highest BCUT2D eigenvalue weighted by molar-refractivity contribution is 9.08. The second-order valence-corrected chi connectivity index (χ2v) is 3.18. The molecule has 0 radical (unpaired) electrons. The van der Waals surface area contributed by atoms with Crippen LogP contribution in [-0.2, 0) is 5.33 Å². The maximum Gasteiger partial charge on any atom is 0.337 e. The van der Waals surface area contributed by atoms with Crippen LogP contribution in [0.4, 0.5) is 0 Å². The number of rotatable bonds is 2. The van der Waals surface area contributed by atoms with Crippen molar-refractivity contribution < 1.29 is 9.90 Å². The van der Waals surface area contributed by atoms with Crippen molar-refractivity contribution in [2.75, 3.05) is 0 Å². The highest BCUT2D eigenvalue weighted by Crippen LogP contribution is 2.21. The Morgan fingerprint density at radius 1 is 1.58 bits per heavy atom. The third-order valence-corrected chi connectivity index (χ3v) is 2.38. The lowest BCUT2D eigenvalue weighted by molar-refractivity contribution is 0.0696. The first kappa shape index (κ1) is 9.55. The number of benzene rings is 1. The van der Waals surface area contributed by atoms with Gasteiger partial charge in [-0.2, -0.15) is 0 Å². The van der Waals surface area contributed by atoms with Crippen LogP contribution in [0.3, 0.4) is 0 Å². The van der Waals surface area contributed by atoms with Crippen LogP contribution in [0.2, 0.25) is 5.02 Å². The van der Waals surface area contributed by atoms with E-state index in [1.54, 1.807) is 18.2 Å². The highest BCUT2D eigenvalue weighted by Gasteiger charge is 2.12. The van der Waals surface area contributed by atoms with Crippen LogP contribution >= 0.6 is 27.5 Å². The molecule has 0 aliphatic carbocycles. The predicted molar refractivity (Wildman–Crippen MR) is 51.0 cm³/mol. The predicted octanol–water partition coefficient (Wildman–Crippen LogP) is 2.93. The smallest absolute Gasteiger partial charge is 0.337 e. The van der Waals surface area contributed by atoms with Crippen molar-refractivity contribution >= 4 is 33.5 Å². The minimum absolute atomic E-state index is 0.177. The zero-order chi connectivity index (χ0) is 9.14. The Morgan fingerprint density at radius 2 is 2.25 bits per heavy atom.